The minimum atomic E-state index is -0.861. The Morgan fingerprint density at radius 3 is 2.67 bits per heavy atom. The molecule has 1 aliphatic heterocycles. The van der Waals surface area contributed by atoms with E-state index in [1.165, 1.54) is 11.0 Å². The third kappa shape index (κ3) is 3.32. The first-order valence-corrected chi connectivity index (χ1v) is 8.66. The van der Waals surface area contributed by atoms with Gasteiger partial charge in [0.1, 0.15) is 11.6 Å². The van der Waals surface area contributed by atoms with E-state index >= 15 is 0 Å². The molecule has 3 aromatic rings. The second-order valence-electron chi connectivity index (χ2n) is 6.74. The highest BCUT2D eigenvalue weighted by atomic mass is 19.1. The van der Waals surface area contributed by atoms with Crippen molar-refractivity contribution in [3.05, 3.63) is 71.6 Å². The van der Waals surface area contributed by atoms with E-state index in [0.29, 0.717) is 30.9 Å². The fourth-order valence-corrected chi connectivity index (χ4v) is 3.38. The first-order chi connectivity index (χ1) is 13.0. The van der Waals surface area contributed by atoms with Crippen molar-refractivity contribution in [2.24, 2.45) is 5.92 Å². The summed E-state index contributed by atoms with van der Waals surface area (Å²) in [6, 6.07) is 12.4. The predicted octanol–water partition coefficient (Wildman–Crippen LogP) is 3.89. The summed E-state index contributed by atoms with van der Waals surface area (Å²) in [6.07, 6.45) is 0. The monoisotopic (exact) mass is 369 g/mol. The fraction of sp³-hybridized carbons (Fsp3) is 0.250. The van der Waals surface area contributed by atoms with Gasteiger partial charge in [-0.2, -0.15) is 4.98 Å². The molecule has 27 heavy (non-hydrogen) atoms. The summed E-state index contributed by atoms with van der Waals surface area (Å²) in [5.41, 5.74) is 0.708. The Morgan fingerprint density at radius 2 is 1.93 bits per heavy atom. The van der Waals surface area contributed by atoms with Gasteiger partial charge in [0.25, 0.3) is 5.91 Å². The Labute approximate surface area is 154 Å². The summed E-state index contributed by atoms with van der Waals surface area (Å²) in [4.78, 5) is 18.6. The molecule has 2 aromatic carbocycles. The van der Waals surface area contributed by atoms with Crippen LogP contribution in [0.4, 0.5) is 8.78 Å². The lowest BCUT2D eigenvalue weighted by atomic mass is 9.98. The van der Waals surface area contributed by atoms with E-state index in [4.69, 9.17) is 4.52 Å². The molecule has 0 N–H and O–H groups in total. The molecule has 1 aromatic heterocycles. The van der Waals surface area contributed by atoms with Crippen LogP contribution in [0.3, 0.4) is 0 Å². The molecule has 0 radical (unpaired) electrons. The molecule has 1 saturated heterocycles. The lowest BCUT2D eigenvalue weighted by molar-refractivity contribution is 0.0781. The average molecular weight is 369 g/mol. The first kappa shape index (κ1) is 17.3. The van der Waals surface area contributed by atoms with Gasteiger partial charge < -0.3 is 9.42 Å². The van der Waals surface area contributed by atoms with Crippen molar-refractivity contribution in [2.75, 3.05) is 13.1 Å². The second-order valence-corrected chi connectivity index (χ2v) is 6.74. The molecule has 138 valence electrons. The fourth-order valence-electron chi connectivity index (χ4n) is 3.38. The Hall–Kier alpha value is -3.09. The zero-order valence-corrected chi connectivity index (χ0v) is 14.6. The molecule has 2 unspecified atom stereocenters. The maximum absolute atomic E-state index is 13.9. The van der Waals surface area contributed by atoms with Crippen LogP contribution in [0.25, 0.3) is 11.4 Å². The molecule has 0 saturated carbocycles. The van der Waals surface area contributed by atoms with Crippen LogP contribution in [0.1, 0.15) is 29.1 Å². The number of rotatable bonds is 3. The van der Waals surface area contributed by atoms with Crippen molar-refractivity contribution < 1.29 is 18.1 Å². The highest BCUT2D eigenvalue weighted by Gasteiger charge is 2.37. The zero-order chi connectivity index (χ0) is 19.0. The number of halogens is 2. The van der Waals surface area contributed by atoms with Gasteiger partial charge in [0.05, 0.1) is 11.5 Å². The summed E-state index contributed by atoms with van der Waals surface area (Å²) in [7, 11) is 0. The Bertz CT molecular complexity index is 974. The molecule has 0 aliphatic carbocycles. The summed E-state index contributed by atoms with van der Waals surface area (Å²) in [5, 5.41) is 4.03. The standard InChI is InChI=1S/C20H17F2N3O2/c1-12-10-25(20(26)15-8-7-14(21)9-17(15)22)11-16(12)19-23-18(24-27-19)13-5-3-2-4-6-13/h2-9,12,16H,10-11H2,1H3. The van der Waals surface area contributed by atoms with E-state index in [-0.39, 0.29) is 17.4 Å². The maximum Gasteiger partial charge on any atom is 0.256 e. The van der Waals surface area contributed by atoms with Gasteiger partial charge in [-0.1, -0.05) is 42.4 Å². The minimum absolute atomic E-state index is 0.0709. The topological polar surface area (TPSA) is 59.2 Å². The SMILES string of the molecule is CC1CN(C(=O)c2ccc(F)cc2F)CC1c1nc(-c2ccccc2)no1. The van der Waals surface area contributed by atoms with Gasteiger partial charge in [-0.05, 0) is 18.1 Å². The lowest BCUT2D eigenvalue weighted by Gasteiger charge is -2.16. The molecule has 1 aliphatic rings. The molecule has 7 heteroatoms. The Morgan fingerprint density at radius 1 is 1.15 bits per heavy atom. The molecular formula is C20H17F2N3O2. The van der Waals surface area contributed by atoms with E-state index < -0.39 is 17.5 Å². The number of benzene rings is 2. The molecule has 2 heterocycles. The maximum atomic E-state index is 13.9. The van der Waals surface area contributed by atoms with Crippen molar-refractivity contribution in [3.8, 4) is 11.4 Å². The van der Waals surface area contributed by atoms with Gasteiger partial charge >= 0.3 is 0 Å². The van der Waals surface area contributed by atoms with Crippen molar-refractivity contribution in [2.45, 2.75) is 12.8 Å². The first-order valence-electron chi connectivity index (χ1n) is 8.66. The average Bonchev–Trinajstić information content (AvgIpc) is 3.29. The quantitative estimate of drug-likeness (QED) is 0.703. The van der Waals surface area contributed by atoms with Crippen LogP contribution in [-0.2, 0) is 0 Å². The lowest BCUT2D eigenvalue weighted by Crippen LogP contribution is -2.29. The minimum Gasteiger partial charge on any atom is -0.339 e. The smallest absolute Gasteiger partial charge is 0.256 e. The molecule has 0 spiro atoms. The van der Waals surface area contributed by atoms with E-state index in [2.05, 4.69) is 10.1 Å². The normalized spacial score (nSPS) is 19.4. The number of carbonyl (C=O) groups excluding carboxylic acids is 1. The van der Waals surface area contributed by atoms with Crippen LogP contribution < -0.4 is 0 Å². The van der Waals surface area contributed by atoms with Gasteiger partial charge in [-0.25, -0.2) is 8.78 Å². The molecule has 2 atom stereocenters. The number of hydrogen-bond acceptors (Lipinski definition) is 4. The largest absolute Gasteiger partial charge is 0.339 e. The van der Waals surface area contributed by atoms with Crippen molar-refractivity contribution in [1.29, 1.82) is 0 Å². The summed E-state index contributed by atoms with van der Waals surface area (Å²) >= 11 is 0. The Kier molecular flexibility index (Phi) is 4.43. The van der Waals surface area contributed by atoms with Crippen LogP contribution >= 0.6 is 0 Å². The molecular weight excluding hydrogens is 352 g/mol. The van der Waals surface area contributed by atoms with Gasteiger partial charge in [0.2, 0.25) is 11.7 Å². The van der Waals surface area contributed by atoms with Gasteiger partial charge in [-0.15, -0.1) is 0 Å². The summed E-state index contributed by atoms with van der Waals surface area (Å²) in [5.74, 6) is -1.16. The van der Waals surface area contributed by atoms with E-state index in [0.717, 1.165) is 11.6 Å². The third-order valence-corrected chi connectivity index (χ3v) is 4.85. The number of likely N-dealkylation sites (tertiary alicyclic amines) is 1. The second kappa shape index (κ2) is 6.90. The Balaban J connectivity index is 1.53. The highest BCUT2D eigenvalue weighted by Crippen LogP contribution is 2.33. The van der Waals surface area contributed by atoms with Crippen LogP contribution in [0.2, 0.25) is 0 Å². The van der Waals surface area contributed by atoms with Crippen molar-refractivity contribution in [1.82, 2.24) is 15.0 Å². The molecule has 0 bridgehead atoms. The number of nitrogens with zero attached hydrogens (tertiary/aromatic N) is 3. The van der Waals surface area contributed by atoms with E-state index in [1.54, 1.807) is 0 Å². The van der Waals surface area contributed by atoms with Crippen molar-refractivity contribution >= 4 is 5.91 Å². The zero-order valence-electron chi connectivity index (χ0n) is 14.6. The third-order valence-electron chi connectivity index (χ3n) is 4.85. The molecule has 1 amide bonds. The van der Waals surface area contributed by atoms with Gasteiger partial charge in [-0.3, -0.25) is 4.79 Å². The van der Waals surface area contributed by atoms with Gasteiger partial charge in [0.15, 0.2) is 0 Å². The number of aromatic nitrogens is 2. The summed E-state index contributed by atoms with van der Waals surface area (Å²) < 4.78 is 32.4. The number of amides is 1. The van der Waals surface area contributed by atoms with Crippen LogP contribution in [0, 0.1) is 17.6 Å². The molecule has 4 rings (SSSR count). The van der Waals surface area contributed by atoms with E-state index in [1.807, 2.05) is 37.3 Å². The van der Waals surface area contributed by atoms with Gasteiger partial charge in [0, 0.05) is 24.7 Å². The van der Waals surface area contributed by atoms with Crippen LogP contribution in [0.5, 0.6) is 0 Å². The highest BCUT2D eigenvalue weighted by molar-refractivity contribution is 5.94. The number of carbonyl (C=O) groups is 1. The van der Waals surface area contributed by atoms with Crippen LogP contribution in [0.15, 0.2) is 53.1 Å². The molecule has 5 nitrogen and oxygen atoms in total. The number of hydrogen-bond donors (Lipinski definition) is 0. The van der Waals surface area contributed by atoms with E-state index in [9.17, 15) is 13.6 Å². The van der Waals surface area contributed by atoms with Crippen LogP contribution in [-0.4, -0.2) is 34.0 Å². The van der Waals surface area contributed by atoms with Crippen molar-refractivity contribution in [3.63, 3.8) is 0 Å². The summed E-state index contributed by atoms with van der Waals surface area (Å²) in [6.45, 7) is 2.75. The predicted molar refractivity (Wildman–Crippen MR) is 93.9 cm³/mol. The molecule has 1 fully saturated rings.